The van der Waals surface area contributed by atoms with Gasteiger partial charge in [0.2, 0.25) is 5.75 Å². The average Bonchev–Trinajstić information content (AvgIpc) is 3.33. The quantitative estimate of drug-likeness (QED) is 0.412. The van der Waals surface area contributed by atoms with E-state index in [0.29, 0.717) is 23.0 Å². The molecule has 0 bridgehead atoms. The minimum Gasteiger partial charge on any atom is -0.493 e. The SMILES string of the molecule is COc1cc(-c2cc3nccc(-c4ccccc4N4CCOCC4)c3o2)cc(OC)c1OC. The molecule has 170 valence electrons. The van der Waals surface area contributed by atoms with E-state index in [4.69, 9.17) is 23.4 Å². The fourth-order valence-corrected chi connectivity index (χ4v) is 4.30. The zero-order valence-electron chi connectivity index (χ0n) is 19.0. The van der Waals surface area contributed by atoms with Gasteiger partial charge in [0.25, 0.3) is 0 Å². The fraction of sp³-hybridized carbons (Fsp3) is 0.269. The Balaban J connectivity index is 1.63. The van der Waals surface area contributed by atoms with Crippen LogP contribution in [0.5, 0.6) is 17.2 Å². The molecule has 0 atom stereocenters. The molecule has 0 radical (unpaired) electrons. The van der Waals surface area contributed by atoms with Gasteiger partial charge in [-0.15, -0.1) is 0 Å². The maximum atomic E-state index is 6.40. The van der Waals surface area contributed by atoms with Crippen molar-refractivity contribution in [3.63, 3.8) is 0 Å². The Morgan fingerprint density at radius 2 is 1.58 bits per heavy atom. The predicted molar refractivity (Wildman–Crippen MR) is 128 cm³/mol. The summed E-state index contributed by atoms with van der Waals surface area (Å²) in [6.45, 7) is 3.18. The van der Waals surface area contributed by atoms with Gasteiger partial charge >= 0.3 is 0 Å². The third-order valence-corrected chi connectivity index (χ3v) is 5.91. The van der Waals surface area contributed by atoms with E-state index in [-0.39, 0.29) is 0 Å². The first-order valence-corrected chi connectivity index (χ1v) is 10.8. The molecule has 7 nitrogen and oxygen atoms in total. The van der Waals surface area contributed by atoms with Crippen molar-refractivity contribution in [3.05, 3.63) is 54.7 Å². The molecule has 0 unspecified atom stereocenters. The summed E-state index contributed by atoms with van der Waals surface area (Å²) in [5, 5.41) is 0. The molecule has 2 aromatic heterocycles. The second-order valence-electron chi connectivity index (χ2n) is 7.71. The number of benzene rings is 2. The summed E-state index contributed by atoms with van der Waals surface area (Å²) in [6, 6.07) is 16.1. The van der Waals surface area contributed by atoms with Gasteiger partial charge in [-0.25, -0.2) is 0 Å². The van der Waals surface area contributed by atoms with E-state index >= 15 is 0 Å². The Hall–Kier alpha value is -3.71. The molecule has 1 aliphatic heterocycles. The van der Waals surface area contributed by atoms with E-state index in [1.165, 1.54) is 5.69 Å². The summed E-state index contributed by atoms with van der Waals surface area (Å²) in [7, 11) is 4.78. The molecule has 33 heavy (non-hydrogen) atoms. The van der Waals surface area contributed by atoms with Crippen molar-refractivity contribution in [2.45, 2.75) is 0 Å². The normalized spacial score (nSPS) is 13.8. The van der Waals surface area contributed by atoms with Gasteiger partial charge in [-0.2, -0.15) is 0 Å². The highest BCUT2D eigenvalue weighted by Gasteiger charge is 2.20. The van der Waals surface area contributed by atoms with Crippen LogP contribution in [0.2, 0.25) is 0 Å². The van der Waals surface area contributed by atoms with Crippen LogP contribution in [0.3, 0.4) is 0 Å². The van der Waals surface area contributed by atoms with Crippen LogP contribution < -0.4 is 19.1 Å². The molecule has 1 saturated heterocycles. The van der Waals surface area contributed by atoms with Crippen molar-refractivity contribution < 1.29 is 23.4 Å². The minimum absolute atomic E-state index is 0.540. The summed E-state index contributed by atoms with van der Waals surface area (Å²) in [5.74, 6) is 2.35. The molecule has 0 saturated carbocycles. The molecule has 4 aromatic rings. The number of anilines is 1. The maximum absolute atomic E-state index is 6.40. The Bertz CT molecular complexity index is 1250. The predicted octanol–water partition coefficient (Wildman–Crippen LogP) is 5.02. The zero-order valence-corrected chi connectivity index (χ0v) is 19.0. The van der Waals surface area contributed by atoms with Crippen molar-refractivity contribution in [1.82, 2.24) is 4.98 Å². The van der Waals surface area contributed by atoms with E-state index in [2.05, 4.69) is 34.1 Å². The second kappa shape index (κ2) is 9.03. The molecule has 3 heterocycles. The number of ether oxygens (including phenoxy) is 4. The van der Waals surface area contributed by atoms with Crippen LogP contribution in [0.25, 0.3) is 33.6 Å². The largest absolute Gasteiger partial charge is 0.493 e. The van der Waals surface area contributed by atoms with Gasteiger partial charge in [0.05, 0.1) is 34.5 Å². The van der Waals surface area contributed by atoms with Gasteiger partial charge in [-0.3, -0.25) is 4.98 Å². The van der Waals surface area contributed by atoms with Crippen molar-refractivity contribution in [3.8, 4) is 39.7 Å². The first-order valence-electron chi connectivity index (χ1n) is 10.8. The molecule has 0 aliphatic carbocycles. The van der Waals surface area contributed by atoms with Crippen LogP contribution in [-0.2, 0) is 4.74 Å². The number of pyridine rings is 1. The Labute approximate surface area is 192 Å². The Kier molecular flexibility index (Phi) is 5.79. The highest BCUT2D eigenvalue weighted by atomic mass is 16.5. The van der Waals surface area contributed by atoms with Gasteiger partial charge in [-0.05, 0) is 24.3 Å². The maximum Gasteiger partial charge on any atom is 0.203 e. The van der Waals surface area contributed by atoms with Gasteiger partial charge < -0.3 is 28.3 Å². The molecule has 0 amide bonds. The number of aromatic nitrogens is 1. The topological polar surface area (TPSA) is 66.2 Å². The molecule has 5 rings (SSSR count). The lowest BCUT2D eigenvalue weighted by Gasteiger charge is -2.30. The minimum atomic E-state index is 0.540. The molecular weight excluding hydrogens is 420 g/mol. The summed E-state index contributed by atoms with van der Waals surface area (Å²) >= 11 is 0. The van der Waals surface area contributed by atoms with E-state index in [1.807, 2.05) is 30.5 Å². The number of furan rings is 1. The van der Waals surface area contributed by atoms with Gasteiger partial charge in [0.1, 0.15) is 11.3 Å². The summed E-state index contributed by atoms with van der Waals surface area (Å²) in [6.07, 6.45) is 1.82. The van der Waals surface area contributed by atoms with Crippen molar-refractivity contribution >= 4 is 16.8 Å². The Morgan fingerprint density at radius 3 is 2.27 bits per heavy atom. The van der Waals surface area contributed by atoms with Crippen LogP contribution >= 0.6 is 0 Å². The lowest BCUT2D eigenvalue weighted by atomic mass is 10.0. The molecule has 1 fully saturated rings. The third-order valence-electron chi connectivity index (χ3n) is 5.91. The third kappa shape index (κ3) is 3.85. The van der Waals surface area contributed by atoms with Crippen molar-refractivity contribution in [2.75, 3.05) is 52.5 Å². The summed E-state index contributed by atoms with van der Waals surface area (Å²) in [5.41, 5.74) is 5.61. The molecule has 0 spiro atoms. The summed E-state index contributed by atoms with van der Waals surface area (Å²) in [4.78, 5) is 6.92. The fourth-order valence-electron chi connectivity index (χ4n) is 4.30. The highest BCUT2D eigenvalue weighted by molar-refractivity contribution is 5.96. The lowest BCUT2D eigenvalue weighted by molar-refractivity contribution is 0.123. The number of morpholine rings is 1. The van der Waals surface area contributed by atoms with Gasteiger partial charge in [-0.1, -0.05) is 18.2 Å². The van der Waals surface area contributed by atoms with Gasteiger partial charge in [0, 0.05) is 47.7 Å². The second-order valence-corrected chi connectivity index (χ2v) is 7.71. The summed E-state index contributed by atoms with van der Waals surface area (Å²) < 4.78 is 28.4. The van der Waals surface area contributed by atoms with Crippen LogP contribution in [0.1, 0.15) is 0 Å². The van der Waals surface area contributed by atoms with E-state index < -0.39 is 0 Å². The van der Waals surface area contributed by atoms with Gasteiger partial charge in [0.15, 0.2) is 17.1 Å². The molecule has 7 heteroatoms. The number of para-hydroxylation sites is 1. The van der Waals surface area contributed by atoms with Crippen LogP contribution in [0.4, 0.5) is 5.69 Å². The van der Waals surface area contributed by atoms with E-state index in [0.717, 1.165) is 54.1 Å². The molecule has 2 aromatic carbocycles. The number of methoxy groups -OCH3 is 3. The standard InChI is InChI=1S/C26H26N2O5/c1-29-23-14-17(15-24(30-2)26(23)31-3)22-16-20-25(33-22)19(8-9-27-20)18-6-4-5-7-21(18)28-10-12-32-13-11-28/h4-9,14-16H,10-13H2,1-3H3. The highest BCUT2D eigenvalue weighted by Crippen LogP contribution is 2.43. The first kappa shape index (κ1) is 21.2. The zero-order chi connectivity index (χ0) is 22.8. The van der Waals surface area contributed by atoms with Crippen LogP contribution in [0, 0.1) is 0 Å². The number of hydrogen-bond acceptors (Lipinski definition) is 7. The number of rotatable bonds is 6. The smallest absolute Gasteiger partial charge is 0.203 e. The number of fused-ring (bicyclic) bond motifs is 1. The van der Waals surface area contributed by atoms with E-state index in [1.54, 1.807) is 21.3 Å². The van der Waals surface area contributed by atoms with Crippen LogP contribution in [-0.4, -0.2) is 52.6 Å². The van der Waals surface area contributed by atoms with Crippen molar-refractivity contribution in [2.24, 2.45) is 0 Å². The molecular formula is C26H26N2O5. The lowest BCUT2D eigenvalue weighted by Crippen LogP contribution is -2.36. The van der Waals surface area contributed by atoms with Crippen molar-refractivity contribution in [1.29, 1.82) is 0 Å². The average molecular weight is 447 g/mol. The number of nitrogens with zero attached hydrogens (tertiary/aromatic N) is 2. The molecule has 1 aliphatic rings. The van der Waals surface area contributed by atoms with Crippen LogP contribution in [0.15, 0.2) is 59.1 Å². The first-order chi connectivity index (χ1) is 16.2. The number of hydrogen-bond donors (Lipinski definition) is 0. The van der Waals surface area contributed by atoms with E-state index in [9.17, 15) is 0 Å². The Morgan fingerprint density at radius 1 is 0.848 bits per heavy atom. The monoisotopic (exact) mass is 446 g/mol. The molecule has 0 N–H and O–H groups in total.